The van der Waals surface area contributed by atoms with Crippen LogP contribution in [0.25, 0.3) is 0 Å². The van der Waals surface area contributed by atoms with Crippen LogP contribution in [0, 0.1) is 0 Å². The molecule has 1 amide bonds. The first-order valence-corrected chi connectivity index (χ1v) is 3.63. The predicted octanol–water partition coefficient (Wildman–Crippen LogP) is 1.18. The lowest BCUT2D eigenvalue weighted by atomic mass is 10.4. The molecule has 2 heterocycles. The molecule has 0 spiro atoms. The van der Waals surface area contributed by atoms with E-state index >= 15 is 0 Å². The fourth-order valence-electron chi connectivity index (χ4n) is 0.792. The third-order valence-corrected chi connectivity index (χ3v) is 1.33. The summed E-state index contributed by atoms with van der Waals surface area (Å²) in [7, 11) is 0. The van der Waals surface area contributed by atoms with Gasteiger partial charge in [-0.25, -0.2) is 0 Å². The van der Waals surface area contributed by atoms with Crippen molar-refractivity contribution < 1.29 is 9.21 Å². The lowest BCUT2D eigenvalue weighted by Crippen LogP contribution is -2.12. The second-order valence-electron chi connectivity index (χ2n) is 2.25. The minimum atomic E-state index is 0.204. The van der Waals surface area contributed by atoms with E-state index in [-0.39, 0.29) is 5.91 Å². The highest BCUT2D eigenvalue weighted by Crippen LogP contribution is 1.93. The summed E-state index contributed by atoms with van der Waals surface area (Å²) in [4.78, 5) is 10.1. The van der Waals surface area contributed by atoms with Gasteiger partial charge in [0.2, 0.25) is 5.91 Å². The molecule has 11 heavy (non-hydrogen) atoms. The Kier molecular flexibility index (Phi) is 3.25. The number of amides is 1. The van der Waals surface area contributed by atoms with Gasteiger partial charge in [-0.15, -0.1) is 0 Å². The van der Waals surface area contributed by atoms with Crippen molar-refractivity contribution in [2.24, 2.45) is 0 Å². The molecule has 60 valence electrons. The minimum absolute atomic E-state index is 0.204. The van der Waals surface area contributed by atoms with E-state index < -0.39 is 0 Å². The molecule has 0 aliphatic carbocycles. The monoisotopic (exact) mass is 153 g/mol. The Morgan fingerprint density at radius 1 is 1.36 bits per heavy atom. The Labute approximate surface area is 65.4 Å². The standard InChI is InChI=1S/C4H7NO.C4H4O/c6-4-2-1-3-5-4;1-2-4-5-3-1/h1-3H2,(H,5,6);1-4H. The van der Waals surface area contributed by atoms with Gasteiger partial charge in [0, 0.05) is 13.0 Å². The van der Waals surface area contributed by atoms with E-state index in [2.05, 4.69) is 9.73 Å². The summed E-state index contributed by atoms with van der Waals surface area (Å²) < 4.78 is 4.58. The third kappa shape index (κ3) is 3.45. The number of hydrogen-bond acceptors (Lipinski definition) is 2. The average Bonchev–Trinajstić information content (AvgIpc) is 2.57. The normalized spacial score (nSPS) is 15.1. The Morgan fingerprint density at radius 3 is 2.27 bits per heavy atom. The molecular formula is C8H11NO2. The quantitative estimate of drug-likeness (QED) is 0.608. The molecule has 0 aromatic carbocycles. The third-order valence-electron chi connectivity index (χ3n) is 1.33. The maximum Gasteiger partial charge on any atom is 0.220 e. The summed E-state index contributed by atoms with van der Waals surface area (Å²) in [6.07, 6.45) is 5.01. The fraction of sp³-hybridized carbons (Fsp3) is 0.375. The number of nitrogens with one attached hydrogen (secondary N) is 1. The molecule has 1 saturated heterocycles. The molecule has 0 unspecified atom stereocenters. The average molecular weight is 153 g/mol. The summed E-state index contributed by atoms with van der Waals surface area (Å²) in [5, 5.41) is 2.68. The second-order valence-corrected chi connectivity index (χ2v) is 2.25. The van der Waals surface area contributed by atoms with Gasteiger partial charge in [-0.2, -0.15) is 0 Å². The smallest absolute Gasteiger partial charge is 0.220 e. The molecule has 3 nitrogen and oxygen atoms in total. The summed E-state index contributed by atoms with van der Waals surface area (Å²) >= 11 is 0. The van der Waals surface area contributed by atoms with Gasteiger partial charge in [-0.05, 0) is 18.6 Å². The van der Waals surface area contributed by atoms with Crippen molar-refractivity contribution >= 4 is 5.91 Å². The van der Waals surface area contributed by atoms with Gasteiger partial charge < -0.3 is 9.73 Å². The summed E-state index contributed by atoms with van der Waals surface area (Å²) in [6, 6.07) is 3.67. The van der Waals surface area contributed by atoms with Crippen molar-refractivity contribution in [3.63, 3.8) is 0 Å². The molecular weight excluding hydrogens is 142 g/mol. The van der Waals surface area contributed by atoms with Crippen molar-refractivity contribution in [1.29, 1.82) is 0 Å². The Hall–Kier alpha value is -1.25. The van der Waals surface area contributed by atoms with E-state index in [1.165, 1.54) is 0 Å². The molecule has 1 fully saturated rings. The first-order chi connectivity index (χ1) is 5.39. The Morgan fingerprint density at radius 2 is 2.09 bits per heavy atom. The Bertz CT molecular complexity index is 169. The number of carbonyl (C=O) groups is 1. The molecule has 3 heteroatoms. The van der Waals surface area contributed by atoms with Crippen LogP contribution >= 0.6 is 0 Å². The van der Waals surface area contributed by atoms with Gasteiger partial charge in [0.25, 0.3) is 0 Å². The van der Waals surface area contributed by atoms with Crippen LogP contribution in [-0.4, -0.2) is 12.5 Å². The minimum Gasteiger partial charge on any atom is -0.473 e. The number of hydrogen-bond donors (Lipinski definition) is 1. The van der Waals surface area contributed by atoms with Crippen LogP contribution in [0.5, 0.6) is 0 Å². The zero-order valence-corrected chi connectivity index (χ0v) is 6.25. The zero-order chi connectivity index (χ0) is 7.94. The van der Waals surface area contributed by atoms with Gasteiger partial charge in [-0.3, -0.25) is 4.79 Å². The summed E-state index contributed by atoms with van der Waals surface area (Å²) in [5.41, 5.74) is 0. The molecule has 1 aliphatic rings. The molecule has 1 N–H and O–H groups in total. The van der Waals surface area contributed by atoms with Crippen LogP contribution in [0.3, 0.4) is 0 Å². The van der Waals surface area contributed by atoms with E-state index in [1.807, 2.05) is 12.1 Å². The largest absolute Gasteiger partial charge is 0.473 e. The van der Waals surface area contributed by atoms with Crippen LogP contribution in [0.2, 0.25) is 0 Å². The van der Waals surface area contributed by atoms with Crippen LogP contribution in [-0.2, 0) is 4.79 Å². The predicted molar refractivity (Wildman–Crippen MR) is 41.0 cm³/mol. The molecule has 0 bridgehead atoms. The molecule has 0 saturated carbocycles. The van der Waals surface area contributed by atoms with Gasteiger partial charge in [0.15, 0.2) is 0 Å². The molecule has 1 aromatic rings. The van der Waals surface area contributed by atoms with Crippen molar-refractivity contribution in [3.8, 4) is 0 Å². The van der Waals surface area contributed by atoms with Gasteiger partial charge >= 0.3 is 0 Å². The molecule has 2 rings (SSSR count). The fourth-order valence-corrected chi connectivity index (χ4v) is 0.792. The van der Waals surface area contributed by atoms with E-state index in [4.69, 9.17) is 0 Å². The van der Waals surface area contributed by atoms with Crippen molar-refractivity contribution in [2.45, 2.75) is 12.8 Å². The highest BCUT2D eigenvalue weighted by Gasteiger charge is 2.05. The SMILES string of the molecule is O=C1CCCN1.c1ccoc1. The topological polar surface area (TPSA) is 42.2 Å². The van der Waals surface area contributed by atoms with Crippen LogP contribution < -0.4 is 5.32 Å². The van der Waals surface area contributed by atoms with Crippen LogP contribution in [0.1, 0.15) is 12.8 Å². The molecule has 0 radical (unpaired) electrons. The Balaban J connectivity index is 0.000000112. The van der Waals surface area contributed by atoms with E-state index in [1.54, 1.807) is 12.5 Å². The van der Waals surface area contributed by atoms with Crippen LogP contribution in [0.15, 0.2) is 29.1 Å². The maximum atomic E-state index is 10.1. The van der Waals surface area contributed by atoms with E-state index in [0.717, 1.165) is 19.4 Å². The first kappa shape index (κ1) is 7.85. The lowest BCUT2D eigenvalue weighted by Gasteiger charge is -1.80. The van der Waals surface area contributed by atoms with Gasteiger partial charge in [0.05, 0.1) is 12.5 Å². The summed E-state index contributed by atoms with van der Waals surface area (Å²) in [6.45, 7) is 0.888. The molecule has 0 atom stereocenters. The van der Waals surface area contributed by atoms with Crippen molar-refractivity contribution in [2.75, 3.05) is 6.54 Å². The number of furan rings is 1. The number of rotatable bonds is 0. The van der Waals surface area contributed by atoms with Crippen LogP contribution in [0.4, 0.5) is 0 Å². The van der Waals surface area contributed by atoms with Crippen molar-refractivity contribution in [1.82, 2.24) is 5.32 Å². The zero-order valence-electron chi connectivity index (χ0n) is 6.25. The lowest BCUT2D eigenvalue weighted by molar-refractivity contribution is -0.119. The second kappa shape index (κ2) is 4.55. The molecule has 1 aliphatic heterocycles. The highest BCUT2D eigenvalue weighted by molar-refractivity contribution is 5.77. The van der Waals surface area contributed by atoms with Crippen molar-refractivity contribution in [3.05, 3.63) is 24.7 Å². The highest BCUT2D eigenvalue weighted by atomic mass is 16.3. The van der Waals surface area contributed by atoms with Gasteiger partial charge in [0.1, 0.15) is 0 Å². The van der Waals surface area contributed by atoms with E-state index in [0.29, 0.717) is 0 Å². The van der Waals surface area contributed by atoms with Gasteiger partial charge in [-0.1, -0.05) is 0 Å². The van der Waals surface area contributed by atoms with E-state index in [9.17, 15) is 4.79 Å². The number of carbonyl (C=O) groups excluding carboxylic acids is 1. The maximum absolute atomic E-state index is 10.1. The summed E-state index contributed by atoms with van der Waals surface area (Å²) in [5.74, 6) is 0.204. The molecule has 1 aromatic heterocycles. The first-order valence-electron chi connectivity index (χ1n) is 3.63.